The van der Waals surface area contributed by atoms with E-state index in [0.29, 0.717) is 25.2 Å². The third-order valence-electron chi connectivity index (χ3n) is 6.47. The number of benzene rings is 2. The summed E-state index contributed by atoms with van der Waals surface area (Å²) in [6.45, 7) is 3.39. The van der Waals surface area contributed by atoms with E-state index in [2.05, 4.69) is 0 Å². The van der Waals surface area contributed by atoms with Crippen molar-refractivity contribution in [1.29, 1.82) is 0 Å². The van der Waals surface area contributed by atoms with E-state index in [-0.39, 0.29) is 23.2 Å². The lowest BCUT2D eigenvalue weighted by Gasteiger charge is -2.18. The Labute approximate surface area is 201 Å². The number of likely N-dealkylation sites (tertiary alicyclic amines) is 1. The number of hydrogen-bond acceptors (Lipinski definition) is 4. The number of hydrogen-bond donors (Lipinski definition) is 0. The second kappa shape index (κ2) is 9.10. The van der Waals surface area contributed by atoms with E-state index in [4.69, 9.17) is 0 Å². The topological polar surface area (TPSA) is 62.6 Å². The molecule has 2 aromatic carbocycles. The van der Waals surface area contributed by atoms with Crippen LogP contribution < -0.4 is 0 Å². The summed E-state index contributed by atoms with van der Waals surface area (Å²) >= 11 is 0.853. The summed E-state index contributed by atoms with van der Waals surface area (Å²) in [5.41, 5.74) is 3.16. The number of amides is 3. The molecule has 5 rings (SSSR count). The molecule has 0 N–H and O–H groups in total. The second-order valence-electron chi connectivity index (χ2n) is 8.55. The zero-order valence-electron chi connectivity index (χ0n) is 18.8. The third kappa shape index (κ3) is 4.03. The summed E-state index contributed by atoms with van der Waals surface area (Å²) in [7, 11) is 0. The van der Waals surface area contributed by atoms with Crippen molar-refractivity contribution in [2.45, 2.75) is 26.3 Å². The van der Waals surface area contributed by atoms with Gasteiger partial charge in [-0.05, 0) is 49.7 Å². The standard InChI is InChI=1S/C26H24FN3O3S/c1-17-20(14-23-25(32)30(26(33)34-23)16-24(31)28-12-6-7-13-28)19-9-3-5-11-22(19)29(17)15-18-8-2-4-10-21(18)27/h2-5,8-11,14H,6-7,12-13,15-16H2,1H3/b23-14-. The van der Waals surface area contributed by atoms with Crippen LogP contribution in [0.4, 0.5) is 9.18 Å². The minimum atomic E-state index is -0.451. The zero-order valence-corrected chi connectivity index (χ0v) is 19.6. The highest BCUT2D eigenvalue weighted by atomic mass is 32.2. The van der Waals surface area contributed by atoms with Crippen molar-refractivity contribution in [3.63, 3.8) is 0 Å². The van der Waals surface area contributed by atoms with Crippen LogP contribution in [0.1, 0.15) is 29.7 Å². The molecule has 0 unspecified atom stereocenters. The predicted molar refractivity (Wildman–Crippen MR) is 131 cm³/mol. The Kier molecular flexibility index (Phi) is 6.00. The largest absolute Gasteiger partial charge is 0.341 e. The Balaban J connectivity index is 1.47. The van der Waals surface area contributed by atoms with Crippen molar-refractivity contribution in [3.05, 3.63) is 76.1 Å². The highest BCUT2D eigenvalue weighted by molar-refractivity contribution is 8.18. The Bertz CT molecular complexity index is 1340. The number of carbonyl (C=O) groups excluding carboxylic acids is 3. The molecule has 0 bridgehead atoms. The lowest BCUT2D eigenvalue weighted by molar-refractivity contribution is -0.135. The van der Waals surface area contributed by atoms with E-state index in [0.717, 1.165) is 51.7 Å². The summed E-state index contributed by atoms with van der Waals surface area (Å²) in [6.07, 6.45) is 3.62. The first-order valence-corrected chi connectivity index (χ1v) is 12.1. The number of aromatic nitrogens is 1. The Morgan fingerprint density at radius 3 is 2.53 bits per heavy atom. The van der Waals surface area contributed by atoms with Gasteiger partial charge in [-0.15, -0.1) is 0 Å². The summed E-state index contributed by atoms with van der Waals surface area (Å²) in [5, 5.41) is 0.479. The lowest BCUT2D eigenvalue weighted by Crippen LogP contribution is -2.40. The van der Waals surface area contributed by atoms with Crippen LogP contribution >= 0.6 is 11.8 Å². The van der Waals surface area contributed by atoms with Gasteiger partial charge < -0.3 is 9.47 Å². The maximum Gasteiger partial charge on any atom is 0.294 e. The molecule has 0 atom stereocenters. The maximum absolute atomic E-state index is 14.3. The molecule has 0 spiro atoms. The minimum absolute atomic E-state index is 0.196. The van der Waals surface area contributed by atoms with Crippen molar-refractivity contribution in [1.82, 2.24) is 14.4 Å². The van der Waals surface area contributed by atoms with E-state index >= 15 is 0 Å². The number of carbonyl (C=O) groups is 3. The molecule has 174 valence electrons. The van der Waals surface area contributed by atoms with E-state index in [1.165, 1.54) is 6.07 Å². The Hall–Kier alpha value is -3.39. The summed E-state index contributed by atoms with van der Waals surface area (Å²) < 4.78 is 16.4. The van der Waals surface area contributed by atoms with Crippen molar-refractivity contribution >= 4 is 45.8 Å². The molecule has 0 saturated carbocycles. The van der Waals surface area contributed by atoms with Gasteiger partial charge >= 0.3 is 0 Å². The average molecular weight is 478 g/mol. The Morgan fingerprint density at radius 2 is 1.76 bits per heavy atom. The molecule has 2 saturated heterocycles. The Morgan fingerprint density at radius 1 is 1.06 bits per heavy atom. The molecule has 8 heteroatoms. The predicted octanol–water partition coefficient (Wildman–Crippen LogP) is 4.80. The van der Waals surface area contributed by atoms with Crippen molar-refractivity contribution in [3.8, 4) is 0 Å². The number of fused-ring (bicyclic) bond motifs is 1. The highest BCUT2D eigenvalue weighted by Crippen LogP contribution is 2.36. The monoisotopic (exact) mass is 477 g/mol. The van der Waals surface area contributed by atoms with Crippen molar-refractivity contribution in [2.24, 2.45) is 0 Å². The molecule has 2 aliphatic heterocycles. The molecular formula is C26H24FN3O3S. The minimum Gasteiger partial charge on any atom is -0.341 e. The molecule has 3 amide bonds. The van der Waals surface area contributed by atoms with Crippen LogP contribution in [-0.2, 0) is 16.1 Å². The van der Waals surface area contributed by atoms with Crippen molar-refractivity contribution < 1.29 is 18.8 Å². The first-order chi connectivity index (χ1) is 16.4. The van der Waals surface area contributed by atoms with Crippen molar-refractivity contribution in [2.75, 3.05) is 19.6 Å². The average Bonchev–Trinajstić information content (AvgIpc) is 3.52. The van der Waals surface area contributed by atoms with Crippen LogP contribution in [0.3, 0.4) is 0 Å². The highest BCUT2D eigenvalue weighted by Gasteiger charge is 2.37. The first kappa shape index (κ1) is 22.4. The number of para-hydroxylation sites is 1. The first-order valence-electron chi connectivity index (χ1n) is 11.3. The molecule has 2 fully saturated rings. The summed E-state index contributed by atoms with van der Waals surface area (Å²) in [4.78, 5) is 41.2. The van der Waals surface area contributed by atoms with E-state index in [9.17, 15) is 18.8 Å². The molecule has 0 radical (unpaired) electrons. The van der Waals surface area contributed by atoms with Crippen LogP contribution in [0.25, 0.3) is 17.0 Å². The van der Waals surface area contributed by atoms with Crippen LogP contribution in [0.5, 0.6) is 0 Å². The van der Waals surface area contributed by atoms with Gasteiger partial charge in [0, 0.05) is 40.8 Å². The summed E-state index contributed by atoms with van der Waals surface area (Å²) in [5.74, 6) is -0.920. The van der Waals surface area contributed by atoms with Gasteiger partial charge in [0.15, 0.2) is 0 Å². The molecular weight excluding hydrogens is 453 g/mol. The molecule has 3 heterocycles. The van der Waals surface area contributed by atoms with E-state index in [1.54, 1.807) is 29.2 Å². The van der Waals surface area contributed by atoms with Gasteiger partial charge in [-0.25, -0.2) is 4.39 Å². The quantitative estimate of drug-likeness (QED) is 0.496. The van der Waals surface area contributed by atoms with Gasteiger partial charge in [0.25, 0.3) is 11.1 Å². The molecule has 0 aliphatic carbocycles. The van der Waals surface area contributed by atoms with Crippen LogP contribution in [0, 0.1) is 12.7 Å². The number of imide groups is 1. The normalized spacial score (nSPS) is 17.5. The second-order valence-corrected chi connectivity index (χ2v) is 9.54. The van der Waals surface area contributed by atoms with E-state index in [1.807, 2.05) is 35.8 Å². The fourth-order valence-electron chi connectivity index (χ4n) is 4.61. The zero-order chi connectivity index (χ0) is 23.8. The molecule has 6 nitrogen and oxygen atoms in total. The van der Waals surface area contributed by atoms with Crippen LogP contribution in [0.15, 0.2) is 53.4 Å². The fourth-order valence-corrected chi connectivity index (χ4v) is 5.43. The van der Waals surface area contributed by atoms with Gasteiger partial charge in [0.05, 0.1) is 11.4 Å². The van der Waals surface area contributed by atoms with Crippen LogP contribution in [0.2, 0.25) is 0 Å². The van der Waals surface area contributed by atoms with Gasteiger partial charge in [-0.2, -0.15) is 0 Å². The maximum atomic E-state index is 14.3. The van der Waals surface area contributed by atoms with Gasteiger partial charge in [-0.1, -0.05) is 36.4 Å². The third-order valence-corrected chi connectivity index (χ3v) is 7.37. The fraction of sp³-hybridized carbons (Fsp3) is 0.269. The number of thioether (sulfide) groups is 1. The lowest BCUT2D eigenvalue weighted by atomic mass is 10.1. The molecule has 3 aromatic rings. The van der Waals surface area contributed by atoms with Gasteiger partial charge in [0.1, 0.15) is 12.4 Å². The smallest absolute Gasteiger partial charge is 0.294 e. The van der Waals surface area contributed by atoms with Crippen LogP contribution in [-0.4, -0.2) is 51.1 Å². The molecule has 34 heavy (non-hydrogen) atoms. The number of nitrogens with zero attached hydrogens (tertiary/aromatic N) is 3. The number of halogens is 1. The van der Waals surface area contributed by atoms with Gasteiger partial charge in [-0.3, -0.25) is 19.3 Å². The number of rotatable bonds is 5. The van der Waals surface area contributed by atoms with E-state index < -0.39 is 11.1 Å². The van der Waals surface area contributed by atoms with Gasteiger partial charge in [0.2, 0.25) is 5.91 Å². The molecule has 2 aliphatic rings. The SMILES string of the molecule is Cc1c(/C=C2\SC(=O)N(CC(=O)N3CCCC3)C2=O)c2ccccc2n1Cc1ccccc1F. The molecule has 1 aromatic heterocycles. The summed E-state index contributed by atoms with van der Waals surface area (Å²) in [6, 6.07) is 14.4.